The Balaban J connectivity index is 1.42. The summed E-state index contributed by atoms with van der Waals surface area (Å²) < 4.78 is 7.30. The Morgan fingerprint density at radius 3 is 2.73 bits per heavy atom. The van der Waals surface area contributed by atoms with Crippen molar-refractivity contribution in [1.29, 1.82) is 0 Å². The van der Waals surface area contributed by atoms with E-state index in [1.807, 2.05) is 26.4 Å². The van der Waals surface area contributed by atoms with Crippen molar-refractivity contribution in [3.63, 3.8) is 0 Å². The Morgan fingerprint density at radius 2 is 2.05 bits per heavy atom. The first-order chi connectivity index (χ1) is 17.8. The summed E-state index contributed by atoms with van der Waals surface area (Å²) in [5.74, 6) is 1.50. The van der Waals surface area contributed by atoms with Crippen molar-refractivity contribution in [1.82, 2.24) is 39.6 Å². The lowest BCUT2D eigenvalue weighted by Gasteiger charge is -2.31. The van der Waals surface area contributed by atoms with Crippen molar-refractivity contribution in [2.75, 3.05) is 40.8 Å². The number of hydrogen-bond acceptors (Lipinski definition) is 8. The lowest BCUT2D eigenvalue weighted by atomic mass is 9.94. The van der Waals surface area contributed by atoms with Gasteiger partial charge >= 0.3 is 0 Å². The second-order valence-corrected chi connectivity index (χ2v) is 11.2. The van der Waals surface area contributed by atoms with Crippen LogP contribution in [0.3, 0.4) is 0 Å². The summed E-state index contributed by atoms with van der Waals surface area (Å²) in [4.78, 5) is 26.6. The number of carbonyl (C=O) groups excluding carboxylic acids is 1. The third-order valence-electron chi connectivity index (χ3n) is 7.08. The molecule has 1 aliphatic rings. The monoisotopic (exact) mass is 522 g/mol. The average Bonchev–Trinajstić information content (AvgIpc) is 3.61. The number of carbonyl (C=O) groups is 1. The maximum absolute atomic E-state index is 12.1. The second kappa shape index (κ2) is 10.2. The van der Waals surface area contributed by atoms with E-state index in [1.165, 1.54) is 11.2 Å². The molecule has 1 N–H and O–H groups in total. The van der Waals surface area contributed by atoms with E-state index >= 15 is 0 Å². The maximum Gasteiger partial charge on any atom is 0.236 e. The molecule has 1 amide bonds. The average molecular weight is 523 g/mol. The minimum absolute atomic E-state index is 0.158. The molecule has 4 aromatic heterocycles. The van der Waals surface area contributed by atoms with Gasteiger partial charge in [0.05, 0.1) is 25.0 Å². The quantitative estimate of drug-likeness (QED) is 0.392. The van der Waals surface area contributed by atoms with Gasteiger partial charge in [-0.15, -0.1) is 11.3 Å². The van der Waals surface area contributed by atoms with Gasteiger partial charge in [-0.2, -0.15) is 10.2 Å². The summed E-state index contributed by atoms with van der Waals surface area (Å²) in [7, 11) is 5.26. The molecule has 196 valence electrons. The predicted molar refractivity (Wildman–Crippen MR) is 144 cm³/mol. The SMILES string of the molecule is COc1cc(-c2[nH]nc(-c3nc(C)c(C4CCN(CC(=O)N(C)C)CC4)s3)c2C(C)C)cn2ncnc12. The van der Waals surface area contributed by atoms with Crippen LogP contribution in [0, 0.1) is 6.92 Å². The molecule has 37 heavy (non-hydrogen) atoms. The molecular formula is C26H34N8O2S. The predicted octanol–water partition coefficient (Wildman–Crippen LogP) is 3.95. The Morgan fingerprint density at radius 1 is 1.30 bits per heavy atom. The number of thiazole rings is 1. The summed E-state index contributed by atoms with van der Waals surface area (Å²) in [5.41, 5.74) is 5.65. The number of likely N-dealkylation sites (tertiary alicyclic amines) is 1. The van der Waals surface area contributed by atoms with Crippen LogP contribution in [-0.2, 0) is 4.79 Å². The third-order valence-corrected chi connectivity index (χ3v) is 8.41. The van der Waals surface area contributed by atoms with Crippen LogP contribution in [-0.4, -0.2) is 86.3 Å². The number of fused-ring (bicyclic) bond motifs is 1. The number of likely N-dealkylation sites (N-methyl/N-ethyl adjacent to an activating group) is 1. The van der Waals surface area contributed by atoms with Gasteiger partial charge in [-0.25, -0.2) is 14.5 Å². The molecule has 0 bridgehead atoms. The first-order valence-electron chi connectivity index (χ1n) is 12.6. The molecule has 0 aliphatic carbocycles. The fourth-order valence-electron chi connectivity index (χ4n) is 5.05. The number of piperidine rings is 1. The molecule has 0 atom stereocenters. The minimum Gasteiger partial charge on any atom is -0.493 e. The Bertz CT molecular complexity index is 1410. The zero-order valence-electron chi connectivity index (χ0n) is 22.3. The number of nitrogens with zero attached hydrogens (tertiary/aromatic N) is 7. The van der Waals surface area contributed by atoms with Gasteiger partial charge in [0.2, 0.25) is 5.91 Å². The number of ether oxygens (including phenoxy) is 1. The van der Waals surface area contributed by atoms with Crippen molar-refractivity contribution in [3.05, 3.63) is 34.7 Å². The Hall–Kier alpha value is -3.31. The number of aryl methyl sites for hydroxylation is 1. The molecule has 4 aromatic rings. The van der Waals surface area contributed by atoms with Crippen molar-refractivity contribution in [3.8, 4) is 27.7 Å². The smallest absolute Gasteiger partial charge is 0.236 e. The molecule has 0 aromatic carbocycles. The Labute approximate surface area is 220 Å². The van der Waals surface area contributed by atoms with Crippen molar-refractivity contribution in [2.45, 2.75) is 45.4 Å². The zero-order valence-corrected chi connectivity index (χ0v) is 23.1. The van der Waals surface area contributed by atoms with Gasteiger partial charge < -0.3 is 9.64 Å². The van der Waals surface area contributed by atoms with E-state index < -0.39 is 0 Å². The van der Waals surface area contributed by atoms with Crippen molar-refractivity contribution < 1.29 is 9.53 Å². The van der Waals surface area contributed by atoms with E-state index in [4.69, 9.17) is 14.8 Å². The molecule has 0 unspecified atom stereocenters. The van der Waals surface area contributed by atoms with Gasteiger partial charge in [-0.1, -0.05) is 13.8 Å². The zero-order chi connectivity index (χ0) is 26.3. The third kappa shape index (κ3) is 4.85. The van der Waals surface area contributed by atoms with Crippen LogP contribution in [0.4, 0.5) is 0 Å². The van der Waals surface area contributed by atoms with Crippen LogP contribution < -0.4 is 4.74 Å². The molecular weight excluding hydrogens is 488 g/mol. The van der Waals surface area contributed by atoms with Crippen LogP contribution in [0.2, 0.25) is 0 Å². The Kier molecular flexibility index (Phi) is 7.00. The summed E-state index contributed by atoms with van der Waals surface area (Å²) >= 11 is 1.75. The second-order valence-electron chi connectivity index (χ2n) is 10.1. The number of nitrogens with one attached hydrogen (secondary N) is 1. The van der Waals surface area contributed by atoms with Crippen LogP contribution in [0.15, 0.2) is 18.6 Å². The normalized spacial score (nSPS) is 15.1. The van der Waals surface area contributed by atoms with E-state index in [2.05, 4.69) is 40.9 Å². The van der Waals surface area contributed by atoms with Crippen molar-refractivity contribution >= 4 is 22.9 Å². The fourth-order valence-corrected chi connectivity index (χ4v) is 6.29. The first-order valence-corrected chi connectivity index (χ1v) is 13.4. The van der Waals surface area contributed by atoms with E-state index in [9.17, 15) is 4.79 Å². The molecule has 1 aliphatic heterocycles. The van der Waals surface area contributed by atoms with Crippen molar-refractivity contribution in [2.24, 2.45) is 0 Å². The molecule has 0 saturated carbocycles. The standard InChI is InChI=1S/C26H34N8O2S/c1-15(2)21-22(18-11-19(36-6)25-27-14-28-34(25)12-18)30-31-23(21)26-29-16(3)24(37-26)17-7-9-33(10-8-17)13-20(35)32(4)5/h11-12,14-15,17H,7-10,13H2,1-6H3,(H,30,31). The molecule has 5 heterocycles. The summed E-state index contributed by atoms with van der Waals surface area (Å²) in [5, 5.41) is 13.3. The molecule has 1 fully saturated rings. The molecule has 1 saturated heterocycles. The van der Waals surface area contributed by atoms with Gasteiger partial charge in [0.15, 0.2) is 11.4 Å². The number of aromatic nitrogens is 6. The molecule has 0 radical (unpaired) electrons. The summed E-state index contributed by atoms with van der Waals surface area (Å²) in [6.07, 6.45) is 5.53. The minimum atomic E-state index is 0.158. The van der Waals surface area contributed by atoms with E-state index in [1.54, 1.807) is 27.9 Å². The number of amides is 1. The highest BCUT2D eigenvalue weighted by molar-refractivity contribution is 7.15. The van der Waals surface area contributed by atoms with Crippen LogP contribution in [0.25, 0.3) is 27.6 Å². The summed E-state index contributed by atoms with van der Waals surface area (Å²) in [6, 6.07) is 1.97. The lowest BCUT2D eigenvalue weighted by Crippen LogP contribution is -2.40. The number of pyridine rings is 1. The van der Waals surface area contributed by atoms with Gasteiger partial charge in [0, 0.05) is 36.3 Å². The highest BCUT2D eigenvalue weighted by Crippen LogP contribution is 2.42. The van der Waals surface area contributed by atoms with E-state index in [0.717, 1.165) is 59.1 Å². The molecule has 0 spiro atoms. The fraction of sp³-hybridized carbons (Fsp3) is 0.500. The highest BCUT2D eigenvalue weighted by Gasteiger charge is 2.28. The topological polar surface area (TPSA) is 105 Å². The lowest BCUT2D eigenvalue weighted by molar-refractivity contribution is -0.130. The van der Waals surface area contributed by atoms with Gasteiger partial charge in [-0.3, -0.25) is 14.8 Å². The number of aromatic amines is 1. The first kappa shape index (κ1) is 25.3. The largest absolute Gasteiger partial charge is 0.493 e. The number of hydrogen-bond donors (Lipinski definition) is 1. The summed E-state index contributed by atoms with van der Waals surface area (Å²) in [6.45, 7) is 8.79. The number of methoxy groups -OCH3 is 1. The van der Waals surface area contributed by atoms with Crippen LogP contribution >= 0.6 is 11.3 Å². The molecule has 5 rings (SSSR count). The number of rotatable bonds is 7. The van der Waals surface area contributed by atoms with E-state index in [-0.39, 0.29) is 11.8 Å². The van der Waals surface area contributed by atoms with E-state index in [0.29, 0.717) is 23.9 Å². The molecule has 10 nitrogen and oxygen atoms in total. The van der Waals surface area contributed by atoms with Crippen LogP contribution in [0.1, 0.15) is 54.7 Å². The van der Waals surface area contributed by atoms with Gasteiger partial charge in [0.25, 0.3) is 0 Å². The maximum atomic E-state index is 12.1. The molecule has 11 heteroatoms. The number of H-pyrrole nitrogens is 1. The van der Waals surface area contributed by atoms with Gasteiger partial charge in [0.1, 0.15) is 17.0 Å². The van der Waals surface area contributed by atoms with Gasteiger partial charge in [-0.05, 0) is 50.8 Å². The highest BCUT2D eigenvalue weighted by atomic mass is 32.1. The van der Waals surface area contributed by atoms with Crippen LogP contribution in [0.5, 0.6) is 5.75 Å².